The van der Waals surface area contributed by atoms with Crippen LogP contribution < -0.4 is 10.5 Å². The van der Waals surface area contributed by atoms with Crippen LogP contribution >= 0.6 is 11.3 Å². The first-order chi connectivity index (χ1) is 10.2. The Balaban J connectivity index is 1.96. The van der Waals surface area contributed by atoms with Gasteiger partial charge in [-0.15, -0.1) is 11.3 Å². The summed E-state index contributed by atoms with van der Waals surface area (Å²) in [6.45, 7) is 6.32. The highest BCUT2D eigenvalue weighted by Crippen LogP contribution is 2.35. The molecule has 112 valence electrons. The third-order valence-corrected chi connectivity index (χ3v) is 5.36. The van der Waals surface area contributed by atoms with E-state index in [1.54, 1.807) is 11.3 Å². The molecular weight excluding hydrogens is 280 g/mol. The number of hydrogen-bond donors (Lipinski definition) is 1. The number of nitrogens with one attached hydrogen (secondary N) is 1. The van der Waals surface area contributed by atoms with E-state index >= 15 is 0 Å². The molecule has 3 heterocycles. The van der Waals surface area contributed by atoms with Crippen molar-refractivity contribution in [3.8, 4) is 10.6 Å². The third kappa shape index (κ3) is 2.91. The number of anilines is 1. The van der Waals surface area contributed by atoms with E-state index in [9.17, 15) is 4.79 Å². The van der Waals surface area contributed by atoms with Crippen molar-refractivity contribution in [3.63, 3.8) is 0 Å². The zero-order valence-corrected chi connectivity index (χ0v) is 13.6. The molecule has 2 aromatic rings. The van der Waals surface area contributed by atoms with Crippen LogP contribution in [0.5, 0.6) is 0 Å². The number of H-pyrrole nitrogens is 1. The standard InChI is InChI=1S/C17H22N2OS/c1-3-13-11-12(2)17(20)18-16(13)14-7-8-15(21-14)19-9-5-4-6-10-19/h7-8,11H,3-6,9-10H2,1-2H3,(H,18,20). The molecule has 0 saturated carbocycles. The van der Waals surface area contributed by atoms with E-state index in [0.717, 1.165) is 30.8 Å². The van der Waals surface area contributed by atoms with E-state index in [1.165, 1.54) is 34.7 Å². The largest absolute Gasteiger partial charge is 0.363 e. The number of aryl methyl sites for hydroxylation is 2. The summed E-state index contributed by atoms with van der Waals surface area (Å²) in [4.78, 5) is 18.6. The van der Waals surface area contributed by atoms with E-state index in [0.29, 0.717) is 0 Å². The Morgan fingerprint density at radius 3 is 2.71 bits per heavy atom. The van der Waals surface area contributed by atoms with Gasteiger partial charge in [0.25, 0.3) is 5.56 Å². The summed E-state index contributed by atoms with van der Waals surface area (Å²) in [7, 11) is 0. The smallest absolute Gasteiger partial charge is 0.251 e. The molecule has 3 rings (SSSR count). The molecule has 1 saturated heterocycles. The minimum Gasteiger partial charge on any atom is -0.363 e. The predicted molar refractivity (Wildman–Crippen MR) is 90.6 cm³/mol. The lowest BCUT2D eigenvalue weighted by Gasteiger charge is -2.27. The number of rotatable bonds is 3. The fourth-order valence-electron chi connectivity index (χ4n) is 2.94. The van der Waals surface area contributed by atoms with Gasteiger partial charge in [0.05, 0.1) is 15.6 Å². The summed E-state index contributed by atoms with van der Waals surface area (Å²) in [6.07, 6.45) is 4.85. The molecule has 0 amide bonds. The number of hydrogen-bond acceptors (Lipinski definition) is 3. The van der Waals surface area contributed by atoms with E-state index in [1.807, 2.05) is 13.0 Å². The maximum absolute atomic E-state index is 11.9. The molecule has 0 atom stereocenters. The summed E-state index contributed by atoms with van der Waals surface area (Å²) < 4.78 is 0. The van der Waals surface area contributed by atoms with Crippen LogP contribution in [0, 0.1) is 6.92 Å². The third-order valence-electron chi connectivity index (χ3n) is 4.20. The summed E-state index contributed by atoms with van der Waals surface area (Å²) in [5, 5.41) is 1.33. The van der Waals surface area contributed by atoms with Crippen molar-refractivity contribution < 1.29 is 0 Å². The summed E-state index contributed by atoms with van der Waals surface area (Å²) in [5.41, 5.74) is 3.04. The minimum atomic E-state index is 0.0233. The maximum atomic E-state index is 11.9. The van der Waals surface area contributed by atoms with E-state index in [2.05, 4.69) is 28.9 Å². The topological polar surface area (TPSA) is 36.1 Å². The quantitative estimate of drug-likeness (QED) is 0.931. The zero-order valence-electron chi connectivity index (χ0n) is 12.7. The van der Waals surface area contributed by atoms with Crippen LogP contribution in [0.1, 0.15) is 37.3 Å². The van der Waals surface area contributed by atoms with Crippen LogP contribution in [0.15, 0.2) is 23.0 Å². The Labute approximate surface area is 129 Å². The second-order valence-corrected chi connectivity index (χ2v) is 6.78. The monoisotopic (exact) mass is 302 g/mol. The molecule has 0 radical (unpaired) electrons. The summed E-state index contributed by atoms with van der Waals surface area (Å²) in [6, 6.07) is 6.37. The second kappa shape index (κ2) is 6.06. The number of pyridine rings is 1. The van der Waals surface area contributed by atoms with Crippen LogP contribution in [0.4, 0.5) is 5.00 Å². The van der Waals surface area contributed by atoms with Crippen LogP contribution in [0.3, 0.4) is 0 Å². The van der Waals surface area contributed by atoms with Crippen molar-refractivity contribution in [2.75, 3.05) is 18.0 Å². The SMILES string of the molecule is CCc1cc(C)c(=O)[nH]c1-c1ccc(N2CCCCC2)s1. The average molecular weight is 302 g/mol. The van der Waals surface area contributed by atoms with Gasteiger partial charge in [-0.25, -0.2) is 0 Å². The number of thiophene rings is 1. The average Bonchev–Trinajstić information content (AvgIpc) is 3.00. The van der Waals surface area contributed by atoms with Crippen molar-refractivity contribution in [2.24, 2.45) is 0 Å². The van der Waals surface area contributed by atoms with E-state index < -0.39 is 0 Å². The summed E-state index contributed by atoms with van der Waals surface area (Å²) in [5.74, 6) is 0. The lowest BCUT2D eigenvalue weighted by Crippen LogP contribution is -2.28. The normalized spacial score (nSPS) is 15.4. The second-order valence-electron chi connectivity index (χ2n) is 5.72. The van der Waals surface area contributed by atoms with E-state index in [4.69, 9.17) is 0 Å². The lowest BCUT2D eigenvalue weighted by atomic mass is 10.1. The highest BCUT2D eigenvalue weighted by Gasteiger charge is 2.15. The van der Waals surface area contributed by atoms with Gasteiger partial charge in [0.1, 0.15) is 0 Å². The van der Waals surface area contributed by atoms with Gasteiger partial charge in [0.2, 0.25) is 0 Å². The van der Waals surface area contributed by atoms with Gasteiger partial charge in [-0.05, 0) is 56.4 Å². The van der Waals surface area contributed by atoms with Crippen molar-refractivity contribution >= 4 is 16.3 Å². The summed E-state index contributed by atoms with van der Waals surface area (Å²) >= 11 is 1.79. The molecule has 1 fully saturated rings. The molecule has 0 bridgehead atoms. The molecule has 1 aliphatic rings. The molecular formula is C17H22N2OS. The van der Waals surface area contributed by atoms with Crippen LogP contribution in [0.2, 0.25) is 0 Å². The molecule has 0 spiro atoms. The maximum Gasteiger partial charge on any atom is 0.251 e. The van der Waals surface area contributed by atoms with Crippen molar-refractivity contribution in [2.45, 2.75) is 39.5 Å². The van der Waals surface area contributed by atoms with Gasteiger partial charge in [-0.1, -0.05) is 6.92 Å². The van der Waals surface area contributed by atoms with Crippen LogP contribution in [-0.4, -0.2) is 18.1 Å². The number of piperidine rings is 1. The first-order valence-electron chi connectivity index (χ1n) is 7.77. The van der Waals surface area contributed by atoms with Gasteiger partial charge >= 0.3 is 0 Å². The Morgan fingerprint density at radius 2 is 2.00 bits per heavy atom. The minimum absolute atomic E-state index is 0.0233. The highest BCUT2D eigenvalue weighted by molar-refractivity contribution is 7.19. The first-order valence-corrected chi connectivity index (χ1v) is 8.58. The molecule has 3 nitrogen and oxygen atoms in total. The molecule has 4 heteroatoms. The molecule has 0 aliphatic carbocycles. The molecule has 0 unspecified atom stereocenters. The van der Waals surface area contributed by atoms with Crippen molar-refractivity contribution in [1.82, 2.24) is 4.98 Å². The molecule has 21 heavy (non-hydrogen) atoms. The Kier molecular flexibility index (Phi) is 4.15. The molecule has 1 N–H and O–H groups in total. The van der Waals surface area contributed by atoms with Gasteiger partial charge in [0, 0.05) is 18.7 Å². The predicted octanol–water partition coefficient (Wildman–Crippen LogP) is 3.96. The number of aromatic nitrogens is 1. The molecule has 2 aromatic heterocycles. The highest BCUT2D eigenvalue weighted by atomic mass is 32.1. The Morgan fingerprint density at radius 1 is 1.24 bits per heavy atom. The Bertz CT molecular complexity index is 680. The Hall–Kier alpha value is -1.55. The van der Waals surface area contributed by atoms with Gasteiger partial charge < -0.3 is 9.88 Å². The van der Waals surface area contributed by atoms with Gasteiger partial charge in [-0.2, -0.15) is 0 Å². The fraction of sp³-hybridized carbons (Fsp3) is 0.471. The lowest BCUT2D eigenvalue weighted by molar-refractivity contribution is 0.580. The van der Waals surface area contributed by atoms with Crippen molar-refractivity contribution in [3.05, 3.63) is 39.7 Å². The van der Waals surface area contributed by atoms with Crippen LogP contribution in [0.25, 0.3) is 10.6 Å². The van der Waals surface area contributed by atoms with Gasteiger partial charge in [0.15, 0.2) is 0 Å². The first kappa shape index (κ1) is 14.4. The zero-order chi connectivity index (χ0) is 14.8. The fourth-order valence-corrected chi connectivity index (χ4v) is 4.03. The molecule has 1 aliphatic heterocycles. The molecule has 0 aromatic carbocycles. The van der Waals surface area contributed by atoms with Crippen molar-refractivity contribution in [1.29, 1.82) is 0 Å². The van der Waals surface area contributed by atoms with Crippen LogP contribution in [-0.2, 0) is 6.42 Å². The number of nitrogens with zero attached hydrogens (tertiary/aromatic N) is 1. The number of aromatic amines is 1. The van der Waals surface area contributed by atoms with Gasteiger partial charge in [-0.3, -0.25) is 4.79 Å². The van der Waals surface area contributed by atoms with E-state index in [-0.39, 0.29) is 5.56 Å².